The number of carbonyl (C=O) groups excluding carboxylic acids is 1. The van der Waals surface area contributed by atoms with E-state index in [-0.39, 0.29) is 14.9 Å². The number of nitrogens with zero attached hydrogens (tertiary/aromatic N) is 2. The van der Waals surface area contributed by atoms with Gasteiger partial charge in [-0.2, -0.15) is 16.8 Å². The van der Waals surface area contributed by atoms with Crippen molar-refractivity contribution in [1.29, 1.82) is 0 Å². The zero-order valence-corrected chi connectivity index (χ0v) is 10.1. The van der Waals surface area contributed by atoms with Gasteiger partial charge in [-0.15, -0.1) is 0 Å². The largest absolute Gasteiger partial charge is 0.334 e. The lowest BCUT2D eigenvalue weighted by Gasteiger charge is -2.03. The molecule has 0 spiro atoms. The lowest BCUT2D eigenvalue weighted by atomic mass is 10.1. The minimum atomic E-state index is -4.19. The fraction of sp³-hybridized carbons (Fsp3) is 0.125. The van der Waals surface area contributed by atoms with Gasteiger partial charge in [0.2, 0.25) is 0 Å². The molecular formula is C8H6N2O5S2. The summed E-state index contributed by atoms with van der Waals surface area (Å²) >= 11 is 0. The molecule has 17 heavy (non-hydrogen) atoms. The second-order valence-corrected chi connectivity index (χ2v) is 5.68. The van der Waals surface area contributed by atoms with Crippen LogP contribution >= 0.6 is 0 Å². The van der Waals surface area contributed by atoms with E-state index in [0.29, 0.717) is 5.56 Å². The maximum absolute atomic E-state index is 11.8. The van der Waals surface area contributed by atoms with Crippen molar-refractivity contribution < 1.29 is 21.6 Å². The predicted octanol–water partition coefficient (Wildman–Crippen LogP) is 0.117. The van der Waals surface area contributed by atoms with E-state index in [4.69, 9.17) is 0 Å². The van der Waals surface area contributed by atoms with E-state index in [9.17, 15) is 21.6 Å². The molecule has 1 aliphatic heterocycles. The number of sulfonamides is 1. The molecule has 90 valence electrons. The summed E-state index contributed by atoms with van der Waals surface area (Å²) in [7, 11) is -7.20. The van der Waals surface area contributed by atoms with Crippen LogP contribution in [-0.2, 0) is 20.5 Å². The van der Waals surface area contributed by atoms with Crippen LogP contribution in [0.2, 0.25) is 0 Å². The van der Waals surface area contributed by atoms with Crippen LogP contribution in [0.25, 0.3) is 0 Å². The van der Waals surface area contributed by atoms with Crippen molar-refractivity contribution in [3.8, 4) is 0 Å². The minimum Gasteiger partial charge on any atom is -0.266 e. The summed E-state index contributed by atoms with van der Waals surface area (Å²) in [6.45, 7) is 1.66. The van der Waals surface area contributed by atoms with Crippen molar-refractivity contribution in [1.82, 2.24) is 4.41 Å². The molecule has 0 N–H and O–H groups in total. The lowest BCUT2D eigenvalue weighted by Crippen LogP contribution is -2.23. The molecule has 1 amide bonds. The number of rotatable bonds is 1. The Hall–Kier alpha value is -1.74. The van der Waals surface area contributed by atoms with Gasteiger partial charge < -0.3 is 0 Å². The summed E-state index contributed by atoms with van der Waals surface area (Å²) in [6, 6.07) is 4.18. The monoisotopic (exact) mass is 274 g/mol. The van der Waals surface area contributed by atoms with Crippen LogP contribution in [0.3, 0.4) is 0 Å². The molecule has 9 heteroatoms. The molecule has 0 fully saturated rings. The van der Waals surface area contributed by atoms with Gasteiger partial charge >= 0.3 is 10.5 Å². The molecule has 0 bridgehead atoms. The number of hydrogen-bond donors (Lipinski definition) is 0. The van der Waals surface area contributed by atoms with Crippen molar-refractivity contribution >= 4 is 26.4 Å². The van der Waals surface area contributed by atoms with Gasteiger partial charge in [-0.3, -0.25) is 4.79 Å². The Balaban J connectivity index is 2.78. The molecular weight excluding hydrogens is 268 g/mol. The highest BCUT2D eigenvalue weighted by Gasteiger charge is 2.42. The quantitative estimate of drug-likeness (QED) is 0.723. The van der Waals surface area contributed by atoms with Crippen LogP contribution in [0.5, 0.6) is 0 Å². The second kappa shape index (κ2) is 3.64. The number of hydrogen-bond acceptors (Lipinski definition) is 6. The highest BCUT2D eigenvalue weighted by molar-refractivity contribution is 7.90. The summed E-state index contributed by atoms with van der Waals surface area (Å²) in [5.41, 5.74) is 0.565. The van der Waals surface area contributed by atoms with Gasteiger partial charge in [-0.05, 0) is 29.1 Å². The zero-order valence-electron chi connectivity index (χ0n) is 8.48. The zero-order chi connectivity index (χ0) is 12.8. The first-order chi connectivity index (χ1) is 7.84. The normalized spacial score (nSPS) is 16.8. The van der Waals surface area contributed by atoms with E-state index in [1.807, 2.05) is 0 Å². The van der Waals surface area contributed by atoms with Gasteiger partial charge in [0.25, 0.3) is 15.9 Å². The van der Waals surface area contributed by atoms with Crippen molar-refractivity contribution in [2.24, 2.45) is 4.47 Å². The average Bonchev–Trinajstić information content (AvgIpc) is 2.40. The number of carbonyl (C=O) groups is 1. The topological polar surface area (TPSA) is 101 Å². The van der Waals surface area contributed by atoms with Crippen LogP contribution in [0, 0.1) is 6.92 Å². The average molecular weight is 274 g/mol. The fourth-order valence-electron chi connectivity index (χ4n) is 1.47. The predicted molar refractivity (Wildman–Crippen MR) is 55.9 cm³/mol. The van der Waals surface area contributed by atoms with Gasteiger partial charge in [0, 0.05) is 0 Å². The second-order valence-electron chi connectivity index (χ2n) is 3.35. The van der Waals surface area contributed by atoms with Crippen LogP contribution in [-0.4, -0.2) is 27.2 Å². The summed E-state index contributed by atoms with van der Waals surface area (Å²) in [6.07, 6.45) is 0. The third-order valence-electron chi connectivity index (χ3n) is 2.19. The Morgan fingerprint density at radius 2 is 1.94 bits per heavy atom. The van der Waals surface area contributed by atoms with E-state index >= 15 is 0 Å². The van der Waals surface area contributed by atoms with Crippen LogP contribution in [0.15, 0.2) is 27.6 Å². The first-order valence-electron chi connectivity index (χ1n) is 4.35. The van der Waals surface area contributed by atoms with E-state index in [1.165, 1.54) is 12.1 Å². The first-order valence-corrected chi connectivity index (χ1v) is 6.82. The molecule has 1 aromatic carbocycles. The Labute approximate surface area is 98.4 Å². The third-order valence-corrected chi connectivity index (χ3v) is 4.18. The summed E-state index contributed by atoms with van der Waals surface area (Å²) in [4.78, 5) is 11.4. The minimum absolute atomic E-state index is 0.0137. The van der Waals surface area contributed by atoms with Crippen LogP contribution < -0.4 is 0 Å². The number of aryl methyl sites for hydroxylation is 1. The SMILES string of the molecule is Cc1ccc2c(c1)S(=O)(=O)N(N=S(=O)=O)C2=O. The van der Waals surface area contributed by atoms with Gasteiger partial charge in [-0.25, -0.2) is 0 Å². The molecule has 0 unspecified atom stereocenters. The third kappa shape index (κ3) is 1.72. The molecule has 0 aromatic heterocycles. The number of amides is 1. The van der Waals surface area contributed by atoms with E-state index in [2.05, 4.69) is 4.47 Å². The van der Waals surface area contributed by atoms with Crippen LogP contribution in [0.1, 0.15) is 15.9 Å². The Bertz CT molecular complexity index is 740. The van der Waals surface area contributed by atoms with E-state index in [0.717, 1.165) is 0 Å². The van der Waals surface area contributed by atoms with Crippen molar-refractivity contribution in [2.45, 2.75) is 11.8 Å². The highest BCUT2D eigenvalue weighted by atomic mass is 32.2. The molecule has 1 heterocycles. The number of benzene rings is 1. The maximum atomic E-state index is 11.8. The van der Waals surface area contributed by atoms with Crippen molar-refractivity contribution in [3.05, 3.63) is 29.3 Å². The Morgan fingerprint density at radius 3 is 2.53 bits per heavy atom. The van der Waals surface area contributed by atoms with Gasteiger partial charge in [-0.1, -0.05) is 10.5 Å². The molecule has 7 nitrogen and oxygen atoms in total. The van der Waals surface area contributed by atoms with Gasteiger partial charge in [0.15, 0.2) is 0 Å². The first kappa shape index (κ1) is 11.7. The lowest BCUT2D eigenvalue weighted by molar-refractivity contribution is 0.0875. The smallest absolute Gasteiger partial charge is 0.266 e. The Morgan fingerprint density at radius 1 is 1.29 bits per heavy atom. The Kier molecular flexibility index (Phi) is 2.51. The molecule has 1 aliphatic rings. The molecule has 1 aromatic rings. The number of fused-ring (bicyclic) bond motifs is 1. The molecule has 0 atom stereocenters. The fourth-order valence-corrected chi connectivity index (χ4v) is 3.45. The molecule has 2 rings (SSSR count). The molecule has 0 saturated heterocycles. The summed E-state index contributed by atoms with van der Waals surface area (Å²) < 4.78 is 47.2. The van der Waals surface area contributed by atoms with Crippen molar-refractivity contribution in [3.63, 3.8) is 0 Å². The van der Waals surface area contributed by atoms with Crippen LogP contribution in [0.4, 0.5) is 0 Å². The summed E-state index contributed by atoms with van der Waals surface area (Å²) in [5.74, 6) is -0.968. The molecule has 0 radical (unpaired) electrons. The van der Waals surface area contributed by atoms with E-state index in [1.54, 1.807) is 13.0 Å². The van der Waals surface area contributed by atoms with Gasteiger partial charge in [0.1, 0.15) is 4.90 Å². The standard InChI is InChI=1S/C8H6N2O5S2/c1-5-2-3-6-7(4-5)17(14,15)10(8(6)11)9-16(12)13/h2-4H,1H3. The van der Waals surface area contributed by atoms with E-state index < -0.39 is 26.4 Å². The van der Waals surface area contributed by atoms with Crippen molar-refractivity contribution in [2.75, 3.05) is 0 Å². The summed E-state index contributed by atoms with van der Waals surface area (Å²) in [5, 5.41) is 0. The molecule has 0 saturated carbocycles. The van der Waals surface area contributed by atoms with Gasteiger partial charge in [0.05, 0.1) is 5.56 Å². The molecule has 0 aliphatic carbocycles. The maximum Gasteiger partial charge on any atom is 0.334 e. The highest BCUT2D eigenvalue weighted by Crippen LogP contribution is 2.30.